The van der Waals surface area contributed by atoms with Gasteiger partial charge in [-0.15, -0.1) is 0 Å². The Morgan fingerprint density at radius 1 is 1.32 bits per heavy atom. The molecule has 1 heterocycles. The van der Waals surface area contributed by atoms with Gasteiger partial charge in [0.05, 0.1) is 6.61 Å². The second kappa shape index (κ2) is 5.96. The topological polar surface area (TPSA) is 21.3 Å². The molecular formula is C17H27NO. The van der Waals surface area contributed by atoms with Crippen molar-refractivity contribution in [2.24, 2.45) is 11.3 Å². The zero-order valence-corrected chi connectivity index (χ0v) is 12.7. The van der Waals surface area contributed by atoms with E-state index >= 15 is 0 Å². The summed E-state index contributed by atoms with van der Waals surface area (Å²) in [5.41, 5.74) is 1.72. The Bertz CT molecular complexity index is 411. The molecule has 0 fully saturated rings. The summed E-state index contributed by atoms with van der Waals surface area (Å²) in [6.45, 7) is 12.2. The molecule has 1 aliphatic heterocycles. The summed E-state index contributed by atoms with van der Waals surface area (Å²) in [4.78, 5) is 0. The van der Waals surface area contributed by atoms with Gasteiger partial charge in [0.1, 0.15) is 5.75 Å². The number of hydrogen-bond acceptors (Lipinski definition) is 2. The predicted octanol–water partition coefficient (Wildman–Crippen LogP) is 3.82. The minimum absolute atomic E-state index is 0.352. The molecule has 2 nitrogen and oxygen atoms in total. The molecule has 1 aromatic carbocycles. The van der Waals surface area contributed by atoms with E-state index in [1.807, 2.05) is 0 Å². The van der Waals surface area contributed by atoms with E-state index in [2.05, 4.69) is 57.3 Å². The van der Waals surface area contributed by atoms with Crippen LogP contribution in [0.2, 0.25) is 0 Å². The van der Waals surface area contributed by atoms with Gasteiger partial charge in [-0.3, -0.25) is 0 Å². The molecule has 106 valence electrons. The second-order valence-electron chi connectivity index (χ2n) is 6.65. The van der Waals surface area contributed by atoms with E-state index in [1.165, 1.54) is 5.56 Å². The first kappa shape index (κ1) is 14.4. The van der Waals surface area contributed by atoms with E-state index in [1.54, 1.807) is 0 Å². The molecule has 0 radical (unpaired) electrons. The van der Waals surface area contributed by atoms with E-state index in [-0.39, 0.29) is 0 Å². The van der Waals surface area contributed by atoms with Crippen LogP contribution in [0.25, 0.3) is 0 Å². The third kappa shape index (κ3) is 3.50. The molecule has 0 bridgehead atoms. The highest BCUT2D eigenvalue weighted by atomic mass is 16.5. The summed E-state index contributed by atoms with van der Waals surface area (Å²) in [7, 11) is 0. The summed E-state index contributed by atoms with van der Waals surface area (Å²) in [6.07, 6.45) is 1.12. The van der Waals surface area contributed by atoms with Gasteiger partial charge in [0, 0.05) is 19.0 Å². The van der Waals surface area contributed by atoms with E-state index in [0.29, 0.717) is 17.3 Å². The number of para-hydroxylation sites is 1. The molecule has 1 N–H and O–H groups in total. The highest BCUT2D eigenvalue weighted by molar-refractivity contribution is 5.37. The fourth-order valence-electron chi connectivity index (χ4n) is 2.40. The lowest BCUT2D eigenvalue weighted by molar-refractivity contribution is 0.227. The zero-order chi connectivity index (χ0) is 13.9. The second-order valence-corrected chi connectivity index (χ2v) is 6.65. The smallest absolute Gasteiger partial charge is 0.122 e. The molecule has 0 saturated carbocycles. The van der Waals surface area contributed by atoms with Crippen molar-refractivity contribution in [2.75, 3.05) is 19.7 Å². The fraction of sp³-hybridized carbons (Fsp3) is 0.647. The van der Waals surface area contributed by atoms with Gasteiger partial charge in [0.2, 0.25) is 0 Å². The number of ether oxygens (including phenoxy) is 1. The van der Waals surface area contributed by atoms with Crippen molar-refractivity contribution < 1.29 is 4.74 Å². The van der Waals surface area contributed by atoms with Crippen LogP contribution in [0.5, 0.6) is 5.75 Å². The van der Waals surface area contributed by atoms with Crippen LogP contribution in [0.4, 0.5) is 0 Å². The number of hydrogen-bond donors (Lipinski definition) is 1. The van der Waals surface area contributed by atoms with E-state index in [4.69, 9.17) is 4.74 Å². The van der Waals surface area contributed by atoms with Crippen LogP contribution in [0, 0.1) is 11.3 Å². The summed E-state index contributed by atoms with van der Waals surface area (Å²) >= 11 is 0. The van der Waals surface area contributed by atoms with Crippen molar-refractivity contribution in [1.29, 1.82) is 0 Å². The zero-order valence-electron chi connectivity index (χ0n) is 12.7. The molecule has 2 heteroatoms. The van der Waals surface area contributed by atoms with Crippen LogP contribution in [0.15, 0.2) is 24.3 Å². The molecule has 0 spiro atoms. The van der Waals surface area contributed by atoms with Crippen molar-refractivity contribution in [3.8, 4) is 5.75 Å². The largest absolute Gasteiger partial charge is 0.493 e. The first-order valence-electron chi connectivity index (χ1n) is 7.43. The lowest BCUT2D eigenvalue weighted by atomic mass is 9.81. The Hall–Kier alpha value is -1.02. The molecule has 1 aromatic rings. The maximum atomic E-state index is 5.71. The van der Waals surface area contributed by atoms with Gasteiger partial charge in [-0.05, 0) is 29.4 Å². The van der Waals surface area contributed by atoms with Gasteiger partial charge in [-0.2, -0.15) is 0 Å². The van der Waals surface area contributed by atoms with Crippen LogP contribution in [0.1, 0.15) is 45.6 Å². The van der Waals surface area contributed by atoms with Gasteiger partial charge in [-0.25, -0.2) is 0 Å². The normalized spacial score (nSPS) is 19.1. The molecule has 0 aromatic heterocycles. The maximum Gasteiger partial charge on any atom is 0.122 e. The minimum Gasteiger partial charge on any atom is -0.493 e. The molecule has 1 atom stereocenters. The monoisotopic (exact) mass is 261 g/mol. The number of nitrogens with one attached hydrogen (secondary N) is 1. The van der Waals surface area contributed by atoms with Crippen LogP contribution in [-0.4, -0.2) is 19.7 Å². The van der Waals surface area contributed by atoms with Gasteiger partial charge in [-0.1, -0.05) is 45.9 Å². The van der Waals surface area contributed by atoms with Crippen molar-refractivity contribution in [3.05, 3.63) is 29.8 Å². The maximum absolute atomic E-state index is 5.71. The Morgan fingerprint density at radius 3 is 2.79 bits per heavy atom. The van der Waals surface area contributed by atoms with Crippen molar-refractivity contribution >= 4 is 0 Å². The number of benzene rings is 1. The molecule has 0 aliphatic carbocycles. The van der Waals surface area contributed by atoms with Crippen LogP contribution < -0.4 is 10.1 Å². The first-order valence-corrected chi connectivity index (χ1v) is 7.43. The molecular weight excluding hydrogens is 234 g/mol. The Labute approximate surface area is 117 Å². The van der Waals surface area contributed by atoms with Gasteiger partial charge in [0.15, 0.2) is 0 Å². The van der Waals surface area contributed by atoms with Crippen molar-refractivity contribution in [2.45, 2.75) is 40.0 Å². The van der Waals surface area contributed by atoms with Crippen LogP contribution in [0.3, 0.4) is 0 Å². The molecule has 1 aliphatic rings. The molecule has 2 rings (SSSR count). The lowest BCUT2D eigenvalue weighted by Gasteiger charge is -2.31. The van der Waals surface area contributed by atoms with E-state index in [0.717, 1.165) is 31.9 Å². The SMILES string of the molecule is CC(C)C(C)(C)CNCC1CCOc2ccccc21. The molecule has 19 heavy (non-hydrogen) atoms. The molecule has 0 saturated heterocycles. The predicted molar refractivity (Wildman–Crippen MR) is 80.8 cm³/mol. The Kier molecular flexibility index (Phi) is 4.51. The van der Waals surface area contributed by atoms with Crippen molar-refractivity contribution in [1.82, 2.24) is 5.32 Å². The van der Waals surface area contributed by atoms with Gasteiger partial charge in [0.25, 0.3) is 0 Å². The van der Waals surface area contributed by atoms with Crippen molar-refractivity contribution in [3.63, 3.8) is 0 Å². The molecule has 1 unspecified atom stereocenters. The quantitative estimate of drug-likeness (QED) is 0.870. The summed E-state index contributed by atoms with van der Waals surface area (Å²) in [6, 6.07) is 8.45. The third-order valence-corrected chi connectivity index (χ3v) is 4.62. The van der Waals surface area contributed by atoms with Gasteiger partial charge < -0.3 is 10.1 Å². The summed E-state index contributed by atoms with van der Waals surface area (Å²) in [5.74, 6) is 2.36. The first-order chi connectivity index (χ1) is 9.00. The number of rotatable bonds is 5. The highest BCUT2D eigenvalue weighted by Crippen LogP contribution is 2.33. The van der Waals surface area contributed by atoms with E-state index < -0.39 is 0 Å². The van der Waals surface area contributed by atoms with Crippen LogP contribution >= 0.6 is 0 Å². The average molecular weight is 261 g/mol. The molecule has 0 amide bonds. The summed E-state index contributed by atoms with van der Waals surface area (Å²) in [5, 5.41) is 3.66. The fourth-order valence-corrected chi connectivity index (χ4v) is 2.40. The van der Waals surface area contributed by atoms with E-state index in [9.17, 15) is 0 Å². The standard InChI is InChI=1S/C17H27NO/c1-13(2)17(3,4)12-18-11-14-9-10-19-16-8-6-5-7-15(14)16/h5-8,13-14,18H,9-12H2,1-4H3. The summed E-state index contributed by atoms with van der Waals surface area (Å²) < 4.78 is 5.71. The average Bonchev–Trinajstić information content (AvgIpc) is 2.38. The Morgan fingerprint density at radius 2 is 2.05 bits per heavy atom. The number of fused-ring (bicyclic) bond motifs is 1. The highest BCUT2D eigenvalue weighted by Gasteiger charge is 2.24. The Balaban J connectivity index is 1.91. The minimum atomic E-state index is 0.352. The third-order valence-electron chi connectivity index (χ3n) is 4.62. The van der Waals surface area contributed by atoms with Crippen LogP contribution in [-0.2, 0) is 0 Å². The lowest BCUT2D eigenvalue weighted by Crippen LogP contribution is -2.36. The van der Waals surface area contributed by atoms with Gasteiger partial charge >= 0.3 is 0 Å².